The van der Waals surface area contributed by atoms with Gasteiger partial charge in [-0.1, -0.05) is 12.1 Å². The van der Waals surface area contributed by atoms with E-state index in [1.54, 1.807) is 6.08 Å². The molecule has 0 atom stereocenters. The molecule has 1 aromatic rings. The highest BCUT2D eigenvalue weighted by molar-refractivity contribution is 5.67. The lowest BCUT2D eigenvalue weighted by Crippen LogP contribution is -2.26. The Kier molecular flexibility index (Phi) is 4.76. The standard InChI is InChI=1S/C14H19NO2/c1-4-8-15(9-7-14(16)17)13-6-5-11(2)12(3)10-13/h4-6,10H,1,7-9H2,2-3H3,(H,16,17). The minimum absolute atomic E-state index is 0.140. The van der Waals surface area contributed by atoms with Crippen molar-refractivity contribution < 1.29 is 9.90 Å². The molecule has 0 heterocycles. The number of hydrogen-bond acceptors (Lipinski definition) is 2. The van der Waals surface area contributed by atoms with Crippen molar-refractivity contribution in [3.63, 3.8) is 0 Å². The van der Waals surface area contributed by atoms with Crippen molar-refractivity contribution in [2.24, 2.45) is 0 Å². The smallest absolute Gasteiger partial charge is 0.305 e. The molecule has 0 aliphatic carbocycles. The zero-order valence-electron chi connectivity index (χ0n) is 10.4. The third-order valence-corrected chi connectivity index (χ3v) is 2.80. The summed E-state index contributed by atoms with van der Waals surface area (Å²) in [7, 11) is 0. The van der Waals surface area contributed by atoms with E-state index in [1.807, 2.05) is 11.0 Å². The summed E-state index contributed by atoms with van der Waals surface area (Å²) in [6, 6.07) is 6.16. The maximum atomic E-state index is 10.6. The number of carbonyl (C=O) groups is 1. The van der Waals surface area contributed by atoms with E-state index in [0.29, 0.717) is 13.1 Å². The number of carboxylic acids is 1. The minimum atomic E-state index is -0.775. The maximum Gasteiger partial charge on any atom is 0.305 e. The normalized spacial score (nSPS) is 10.0. The third kappa shape index (κ3) is 3.94. The fourth-order valence-electron chi connectivity index (χ4n) is 1.63. The first-order chi connectivity index (χ1) is 8.04. The summed E-state index contributed by atoms with van der Waals surface area (Å²) in [5.41, 5.74) is 3.51. The molecular weight excluding hydrogens is 214 g/mol. The van der Waals surface area contributed by atoms with E-state index in [4.69, 9.17) is 5.11 Å². The van der Waals surface area contributed by atoms with Crippen LogP contribution in [0.25, 0.3) is 0 Å². The summed E-state index contributed by atoms with van der Waals surface area (Å²) in [6.45, 7) is 8.99. The number of rotatable bonds is 6. The summed E-state index contributed by atoms with van der Waals surface area (Å²) < 4.78 is 0. The van der Waals surface area contributed by atoms with E-state index >= 15 is 0 Å². The lowest BCUT2D eigenvalue weighted by Gasteiger charge is -2.23. The average molecular weight is 233 g/mol. The fourth-order valence-corrected chi connectivity index (χ4v) is 1.63. The van der Waals surface area contributed by atoms with Crippen LogP contribution in [0.3, 0.4) is 0 Å². The van der Waals surface area contributed by atoms with Crippen LogP contribution < -0.4 is 4.90 Å². The van der Waals surface area contributed by atoms with Gasteiger partial charge in [0, 0.05) is 18.8 Å². The number of carboxylic acid groups (broad SMARTS) is 1. The Morgan fingerprint density at radius 3 is 2.65 bits per heavy atom. The molecule has 3 nitrogen and oxygen atoms in total. The van der Waals surface area contributed by atoms with Gasteiger partial charge in [-0.05, 0) is 37.1 Å². The van der Waals surface area contributed by atoms with Crippen molar-refractivity contribution in [2.45, 2.75) is 20.3 Å². The molecule has 92 valence electrons. The van der Waals surface area contributed by atoms with Gasteiger partial charge in [-0.3, -0.25) is 4.79 Å². The second-order valence-corrected chi connectivity index (χ2v) is 4.15. The van der Waals surface area contributed by atoms with Gasteiger partial charge < -0.3 is 10.0 Å². The summed E-state index contributed by atoms with van der Waals surface area (Å²) >= 11 is 0. The number of anilines is 1. The predicted molar refractivity (Wildman–Crippen MR) is 70.6 cm³/mol. The Morgan fingerprint density at radius 1 is 1.41 bits per heavy atom. The van der Waals surface area contributed by atoms with Crippen molar-refractivity contribution in [1.29, 1.82) is 0 Å². The quantitative estimate of drug-likeness (QED) is 0.768. The summed E-state index contributed by atoms with van der Waals surface area (Å²) in [6.07, 6.45) is 1.93. The van der Waals surface area contributed by atoms with Gasteiger partial charge in [0.2, 0.25) is 0 Å². The molecule has 0 bridgehead atoms. The molecule has 0 aromatic heterocycles. The number of benzene rings is 1. The Morgan fingerprint density at radius 2 is 2.12 bits per heavy atom. The molecule has 0 saturated carbocycles. The molecule has 1 N–H and O–H groups in total. The molecule has 0 saturated heterocycles. The van der Waals surface area contributed by atoms with Gasteiger partial charge in [-0.25, -0.2) is 0 Å². The Labute approximate surface area is 102 Å². The number of nitrogens with zero attached hydrogens (tertiary/aromatic N) is 1. The molecule has 3 heteroatoms. The van der Waals surface area contributed by atoms with Crippen molar-refractivity contribution >= 4 is 11.7 Å². The lowest BCUT2D eigenvalue weighted by molar-refractivity contribution is -0.136. The lowest BCUT2D eigenvalue weighted by atomic mass is 10.1. The van der Waals surface area contributed by atoms with E-state index in [2.05, 4.69) is 32.6 Å². The third-order valence-electron chi connectivity index (χ3n) is 2.80. The van der Waals surface area contributed by atoms with Gasteiger partial charge in [0.25, 0.3) is 0 Å². The van der Waals surface area contributed by atoms with Crippen LogP contribution in [0, 0.1) is 13.8 Å². The predicted octanol–water partition coefficient (Wildman–Crippen LogP) is 2.77. The second-order valence-electron chi connectivity index (χ2n) is 4.15. The van der Waals surface area contributed by atoms with Gasteiger partial charge in [0.15, 0.2) is 0 Å². The van der Waals surface area contributed by atoms with Crippen molar-refractivity contribution in [3.05, 3.63) is 42.0 Å². The van der Waals surface area contributed by atoms with Crippen LogP contribution in [0.5, 0.6) is 0 Å². The van der Waals surface area contributed by atoms with Gasteiger partial charge in [-0.15, -0.1) is 6.58 Å². The van der Waals surface area contributed by atoms with Crippen LogP contribution in [0.4, 0.5) is 5.69 Å². The number of aliphatic carboxylic acids is 1. The molecule has 17 heavy (non-hydrogen) atoms. The monoisotopic (exact) mass is 233 g/mol. The molecule has 0 fully saturated rings. The first-order valence-corrected chi connectivity index (χ1v) is 5.69. The summed E-state index contributed by atoms with van der Waals surface area (Å²) in [5, 5.41) is 8.72. The number of aryl methyl sites for hydroxylation is 2. The maximum absolute atomic E-state index is 10.6. The molecule has 0 radical (unpaired) electrons. The highest BCUT2D eigenvalue weighted by Gasteiger charge is 2.07. The molecular formula is C14H19NO2. The molecule has 0 aliphatic rings. The fraction of sp³-hybridized carbons (Fsp3) is 0.357. The van der Waals surface area contributed by atoms with Crippen LogP contribution in [-0.4, -0.2) is 24.2 Å². The Hall–Kier alpha value is -1.77. The highest BCUT2D eigenvalue weighted by atomic mass is 16.4. The van der Waals surface area contributed by atoms with E-state index in [-0.39, 0.29) is 6.42 Å². The summed E-state index contributed by atoms with van der Waals surface area (Å²) in [5.74, 6) is -0.775. The van der Waals surface area contributed by atoms with E-state index in [9.17, 15) is 4.79 Å². The van der Waals surface area contributed by atoms with Crippen molar-refractivity contribution in [1.82, 2.24) is 0 Å². The van der Waals surface area contributed by atoms with Crippen LogP contribution in [0.2, 0.25) is 0 Å². The van der Waals surface area contributed by atoms with Gasteiger partial charge >= 0.3 is 5.97 Å². The minimum Gasteiger partial charge on any atom is -0.481 e. The summed E-state index contributed by atoms with van der Waals surface area (Å²) in [4.78, 5) is 12.6. The van der Waals surface area contributed by atoms with E-state index < -0.39 is 5.97 Å². The van der Waals surface area contributed by atoms with Crippen LogP contribution in [0.1, 0.15) is 17.5 Å². The molecule has 0 spiro atoms. The SMILES string of the molecule is C=CCN(CCC(=O)O)c1ccc(C)c(C)c1. The Bertz CT molecular complexity index is 413. The zero-order valence-corrected chi connectivity index (χ0v) is 10.4. The van der Waals surface area contributed by atoms with E-state index in [0.717, 1.165) is 5.69 Å². The molecule has 1 rings (SSSR count). The van der Waals surface area contributed by atoms with Crippen LogP contribution in [-0.2, 0) is 4.79 Å². The first kappa shape index (κ1) is 13.3. The van der Waals surface area contributed by atoms with Crippen LogP contribution >= 0.6 is 0 Å². The van der Waals surface area contributed by atoms with E-state index in [1.165, 1.54) is 11.1 Å². The number of hydrogen-bond donors (Lipinski definition) is 1. The molecule has 1 aromatic carbocycles. The van der Waals surface area contributed by atoms with Gasteiger partial charge in [-0.2, -0.15) is 0 Å². The molecule has 0 aliphatic heterocycles. The zero-order chi connectivity index (χ0) is 12.8. The first-order valence-electron chi connectivity index (χ1n) is 5.69. The van der Waals surface area contributed by atoms with Gasteiger partial charge in [0.1, 0.15) is 0 Å². The van der Waals surface area contributed by atoms with Crippen LogP contribution in [0.15, 0.2) is 30.9 Å². The van der Waals surface area contributed by atoms with Crippen molar-refractivity contribution in [3.8, 4) is 0 Å². The molecule has 0 amide bonds. The average Bonchev–Trinajstić information content (AvgIpc) is 2.28. The molecule has 0 unspecified atom stereocenters. The topological polar surface area (TPSA) is 40.5 Å². The second kappa shape index (κ2) is 6.09. The Balaban J connectivity index is 2.84. The highest BCUT2D eigenvalue weighted by Crippen LogP contribution is 2.19. The van der Waals surface area contributed by atoms with Gasteiger partial charge in [0.05, 0.1) is 6.42 Å². The van der Waals surface area contributed by atoms with Crippen molar-refractivity contribution in [2.75, 3.05) is 18.0 Å². The largest absolute Gasteiger partial charge is 0.481 e.